The Balaban J connectivity index is 2.42. The number of nitrogens with one attached hydrogen (secondary N) is 1. The second-order valence-electron chi connectivity index (χ2n) is 5.34. The van der Waals surface area contributed by atoms with Crippen molar-refractivity contribution in [2.45, 2.75) is 46.3 Å². The van der Waals surface area contributed by atoms with Gasteiger partial charge in [0.1, 0.15) is 5.75 Å². The van der Waals surface area contributed by atoms with E-state index in [-0.39, 0.29) is 5.75 Å². The van der Waals surface area contributed by atoms with Crippen LogP contribution in [0, 0.1) is 0 Å². The predicted molar refractivity (Wildman–Crippen MR) is 81.8 cm³/mol. The van der Waals surface area contributed by atoms with E-state index in [4.69, 9.17) is 11.6 Å². The van der Waals surface area contributed by atoms with E-state index in [2.05, 4.69) is 37.9 Å². The maximum atomic E-state index is 9.74. The van der Waals surface area contributed by atoms with E-state index in [9.17, 15) is 5.11 Å². The highest BCUT2D eigenvalue weighted by molar-refractivity contribution is 6.31. The molecule has 1 rings (SSSR count). The first-order chi connectivity index (χ1) is 8.93. The summed E-state index contributed by atoms with van der Waals surface area (Å²) in [5.74, 6) is 0.254. The van der Waals surface area contributed by atoms with Gasteiger partial charge in [-0.1, -0.05) is 17.7 Å². The van der Waals surface area contributed by atoms with E-state index in [1.165, 1.54) is 0 Å². The van der Waals surface area contributed by atoms with Crippen molar-refractivity contribution in [2.24, 2.45) is 0 Å². The normalized spacial score (nSPS) is 11.8. The summed E-state index contributed by atoms with van der Waals surface area (Å²) in [5.41, 5.74) is 0.768. The van der Waals surface area contributed by atoms with Crippen LogP contribution in [0.2, 0.25) is 5.02 Å². The van der Waals surface area contributed by atoms with Gasteiger partial charge < -0.3 is 10.4 Å². The molecule has 0 spiro atoms. The van der Waals surface area contributed by atoms with E-state index < -0.39 is 0 Å². The summed E-state index contributed by atoms with van der Waals surface area (Å²) in [4.78, 5) is 2.43. The highest BCUT2D eigenvalue weighted by Crippen LogP contribution is 2.24. The Morgan fingerprint density at radius 1 is 1.21 bits per heavy atom. The molecule has 0 aromatic heterocycles. The van der Waals surface area contributed by atoms with Crippen LogP contribution < -0.4 is 5.32 Å². The fourth-order valence-electron chi connectivity index (χ4n) is 2.26. The Kier molecular flexibility index (Phi) is 6.63. The Morgan fingerprint density at radius 2 is 1.84 bits per heavy atom. The molecule has 0 saturated carbocycles. The van der Waals surface area contributed by atoms with Crippen LogP contribution in [0.1, 0.15) is 33.3 Å². The van der Waals surface area contributed by atoms with Crippen molar-refractivity contribution in [3.63, 3.8) is 0 Å². The van der Waals surface area contributed by atoms with Gasteiger partial charge in [0.25, 0.3) is 0 Å². The van der Waals surface area contributed by atoms with Crippen LogP contribution in [0.3, 0.4) is 0 Å². The van der Waals surface area contributed by atoms with Crippen molar-refractivity contribution in [1.29, 1.82) is 0 Å². The largest absolute Gasteiger partial charge is 0.508 e. The van der Waals surface area contributed by atoms with E-state index in [1.807, 2.05) is 0 Å². The van der Waals surface area contributed by atoms with Crippen LogP contribution in [0.5, 0.6) is 5.75 Å². The maximum absolute atomic E-state index is 9.74. The van der Waals surface area contributed by atoms with E-state index in [1.54, 1.807) is 18.2 Å². The number of phenols is 1. The first-order valence-electron chi connectivity index (χ1n) is 6.86. The number of hydrogen-bond acceptors (Lipinski definition) is 3. The van der Waals surface area contributed by atoms with Gasteiger partial charge in [-0.15, -0.1) is 0 Å². The summed E-state index contributed by atoms with van der Waals surface area (Å²) in [6, 6.07) is 6.29. The van der Waals surface area contributed by atoms with Crippen LogP contribution in [-0.4, -0.2) is 35.2 Å². The van der Waals surface area contributed by atoms with Crippen LogP contribution in [-0.2, 0) is 6.54 Å². The fourth-order valence-corrected chi connectivity index (χ4v) is 2.49. The summed E-state index contributed by atoms with van der Waals surface area (Å²) in [7, 11) is 0. The first-order valence-corrected chi connectivity index (χ1v) is 7.24. The lowest BCUT2D eigenvalue weighted by atomic mass is 10.2. The third-order valence-electron chi connectivity index (χ3n) is 3.27. The predicted octanol–water partition coefficient (Wildman–Crippen LogP) is 3.25. The lowest BCUT2D eigenvalue weighted by molar-refractivity contribution is 0.175. The van der Waals surface area contributed by atoms with E-state index in [0.717, 1.165) is 18.7 Å². The molecular formula is C15H25ClN2O. The third kappa shape index (κ3) is 5.01. The number of aromatic hydroxyl groups is 1. The molecule has 0 saturated heterocycles. The van der Waals surface area contributed by atoms with Crippen molar-refractivity contribution < 1.29 is 5.11 Å². The van der Waals surface area contributed by atoms with Gasteiger partial charge in [-0.05, 0) is 39.8 Å². The minimum atomic E-state index is 0.254. The van der Waals surface area contributed by atoms with Gasteiger partial charge in [0, 0.05) is 42.3 Å². The first kappa shape index (κ1) is 16.3. The minimum absolute atomic E-state index is 0.254. The van der Waals surface area contributed by atoms with Crippen molar-refractivity contribution in [1.82, 2.24) is 10.2 Å². The summed E-state index contributed by atoms with van der Waals surface area (Å²) < 4.78 is 0. The molecule has 0 amide bonds. The molecule has 2 N–H and O–H groups in total. The molecule has 108 valence electrons. The standard InChI is InChI=1S/C15H25ClN2O/c1-11(2)18(12(3)4)9-8-17-10-13-14(16)6-5-7-15(13)19/h5-7,11-12,17,19H,8-10H2,1-4H3. The summed E-state index contributed by atoms with van der Waals surface area (Å²) in [5, 5.41) is 13.7. The molecule has 0 fully saturated rings. The van der Waals surface area contributed by atoms with Gasteiger partial charge in [-0.3, -0.25) is 4.90 Å². The van der Waals surface area contributed by atoms with E-state index in [0.29, 0.717) is 23.7 Å². The molecule has 0 heterocycles. The lowest BCUT2D eigenvalue weighted by Crippen LogP contribution is -2.41. The molecular weight excluding hydrogens is 260 g/mol. The molecule has 0 radical (unpaired) electrons. The smallest absolute Gasteiger partial charge is 0.121 e. The Morgan fingerprint density at radius 3 is 2.37 bits per heavy atom. The average Bonchev–Trinajstić information content (AvgIpc) is 2.31. The molecule has 19 heavy (non-hydrogen) atoms. The highest BCUT2D eigenvalue weighted by atomic mass is 35.5. The molecule has 0 aliphatic carbocycles. The number of halogens is 1. The third-order valence-corrected chi connectivity index (χ3v) is 3.62. The highest BCUT2D eigenvalue weighted by Gasteiger charge is 2.12. The van der Waals surface area contributed by atoms with Gasteiger partial charge >= 0.3 is 0 Å². The van der Waals surface area contributed by atoms with Crippen LogP contribution in [0.4, 0.5) is 0 Å². The molecule has 0 atom stereocenters. The van der Waals surface area contributed by atoms with Gasteiger partial charge in [-0.25, -0.2) is 0 Å². The molecule has 3 nitrogen and oxygen atoms in total. The second kappa shape index (κ2) is 7.73. The van der Waals surface area contributed by atoms with Gasteiger partial charge in [0.15, 0.2) is 0 Å². The SMILES string of the molecule is CC(C)N(CCNCc1c(O)cccc1Cl)C(C)C. The Hall–Kier alpha value is -0.770. The molecule has 4 heteroatoms. The van der Waals surface area contributed by atoms with Crippen molar-refractivity contribution in [3.8, 4) is 5.75 Å². The van der Waals surface area contributed by atoms with Crippen LogP contribution in [0.25, 0.3) is 0 Å². The monoisotopic (exact) mass is 284 g/mol. The molecule has 1 aromatic carbocycles. The van der Waals surface area contributed by atoms with Crippen molar-refractivity contribution in [3.05, 3.63) is 28.8 Å². The number of rotatable bonds is 7. The summed E-state index contributed by atoms with van der Waals surface area (Å²) >= 11 is 6.06. The molecule has 0 bridgehead atoms. The average molecular weight is 285 g/mol. The minimum Gasteiger partial charge on any atom is -0.508 e. The maximum Gasteiger partial charge on any atom is 0.121 e. The Bertz CT molecular complexity index is 365. The fraction of sp³-hybridized carbons (Fsp3) is 0.600. The molecule has 0 aliphatic heterocycles. The Labute approximate surface area is 121 Å². The van der Waals surface area contributed by atoms with Gasteiger partial charge in [-0.2, -0.15) is 0 Å². The summed E-state index contributed by atoms with van der Waals surface area (Å²) in [6.07, 6.45) is 0. The quantitative estimate of drug-likeness (QED) is 0.755. The molecule has 1 aromatic rings. The van der Waals surface area contributed by atoms with Crippen molar-refractivity contribution in [2.75, 3.05) is 13.1 Å². The zero-order chi connectivity index (χ0) is 14.4. The lowest BCUT2D eigenvalue weighted by Gasteiger charge is -2.30. The summed E-state index contributed by atoms with van der Waals surface area (Å²) in [6.45, 7) is 11.3. The van der Waals surface area contributed by atoms with Crippen LogP contribution >= 0.6 is 11.6 Å². The molecule has 0 unspecified atom stereocenters. The number of phenolic OH excluding ortho intramolecular Hbond substituents is 1. The van der Waals surface area contributed by atoms with Gasteiger partial charge in [0.2, 0.25) is 0 Å². The topological polar surface area (TPSA) is 35.5 Å². The number of benzene rings is 1. The zero-order valence-electron chi connectivity index (χ0n) is 12.3. The second-order valence-corrected chi connectivity index (χ2v) is 5.75. The number of hydrogen-bond donors (Lipinski definition) is 2. The van der Waals surface area contributed by atoms with Crippen molar-refractivity contribution >= 4 is 11.6 Å². The van der Waals surface area contributed by atoms with E-state index >= 15 is 0 Å². The molecule has 0 aliphatic rings. The van der Waals surface area contributed by atoms with Gasteiger partial charge in [0.05, 0.1) is 0 Å². The van der Waals surface area contributed by atoms with Crippen LogP contribution in [0.15, 0.2) is 18.2 Å². The number of nitrogens with zero attached hydrogens (tertiary/aromatic N) is 1. The zero-order valence-corrected chi connectivity index (χ0v) is 13.0.